The van der Waals surface area contributed by atoms with Gasteiger partial charge >= 0.3 is 12.1 Å². The minimum absolute atomic E-state index is 0.284. The van der Waals surface area contributed by atoms with Crippen molar-refractivity contribution in [1.29, 1.82) is 0 Å². The van der Waals surface area contributed by atoms with Crippen molar-refractivity contribution in [3.8, 4) is 0 Å². The molecule has 0 saturated heterocycles. The molecule has 0 aromatic heterocycles. The summed E-state index contributed by atoms with van der Waals surface area (Å²) in [6, 6.07) is 4.48. The summed E-state index contributed by atoms with van der Waals surface area (Å²) >= 11 is 12.0. The van der Waals surface area contributed by atoms with Gasteiger partial charge in [-0.1, -0.05) is 29.3 Å². The third kappa shape index (κ3) is 7.84. The lowest BCUT2D eigenvalue weighted by atomic mass is 10.1. The molecule has 0 aliphatic rings. The van der Waals surface area contributed by atoms with Crippen LogP contribution in [0.15, 0.2) is 18.2 Å². The summed E-state index contributed by atoms with van der Waals surface area (Å²) in [6.45, 7) is 7.84. The van der Waals surface area contributed by atoms with Crippen molar-refractivity contribution < 1.29 is 14.3 Å². The van der Waals surface area contributed by atoms with E-state index in [9.17, 15) is 9.59 Å². The normalized spacial score (nSPS) is 12.3. The van der Waals surface area contributed by atoms with Gasteiger partial charge in [0.25, 0.3) is 0 Å². The molecule has 25 heavy (non-hydrogen) atoms. The summed E-state index contributed by atoms with van der Waals surface area (Å²) in [4.78, 5) is 25.2. The number of benzene rings is 1. The molecule has 6 nitrogen and oxygen atoms in total. The van der Waals surface area contributed by atoms with Gasteiger partial charge in [-0.25, -0.2) is 9.59 Å². The standard InChI is InChI=1S/C17H25Cl2N3O3/c1-11(13-7-6-12(18)10-14(13)19)21-15(23)20-8-9-22(5)16(24)25-17(2,3)4/h6-7,10-11H,8-9H2,1-5H3,(H2,20,21,23). The Kier molecular flexibility index (Phi) is 7.83. The topological polar surface area (TPSA) is 70.7 Å². The van der Waals surface area contributed by atoms with E-state index in [1.54, 1.807) is 46.0 Å². The molecule has 1 rings (SSSR count). The molecule has 2 N–H and O–H groups in total. The van der Waals surface area contributed by atoms with Gasteiger partial charge in [-0.3, -0.25) is 0 Å². The van der Waals surface area contributed by atoms with Crippen LogP contribution in [0.4, 0.5) is 9.59 Å². The number of ether oxygens (including phenoxy) is 1. The van der Waals surface area contributed by atoms with E-state index in [1.807, 2.05) is 6.92 Å². The molecule has 1 unspecified atom stereocenters. The predicted molar refractivity (Wildman–Crippen MR) is 100 cm³/mol. The number of amides is 3. The summed E-state index contributed by atoms with van der Waals surface area (Å²) < 4.78 is 5.24. The average molecular weight is 390 g/mol. The Morgan fingerprint density at radius 3 is 2.48 bits per heavy atom. The van der Waals surface area contributed by atoms with Gasteiger partial charge in [-0.15, -0.1) is 0 Å². The van der Waals surface area contributed by atoms with E-state index in [1.165, 1.54) is 4.90 Å². The van der Waals surface area contributed by atoms with Gasteiger partial charge in [0.05, 0.1) is 6.04 Å². The number of hydrogen-bond donors (Lipinski definition) is 2. The summed E-state index contributed by atoms with van der Waals surface area (Å²) in [6.07, 6.45) is -0.434. The van der Waals surface area contributed by atoms with E-state index in [0.29, 0.717) is 23.1 Å². The Hall–Kier alpha value is -1.66. The Morgan fingerprint density at radius 2 is 1.92 bits per heavy atom. The maximum atomic E-state index is 12.0. The highest BCUT2D eigenvalue weighted by molar-refractivity contribution is 6.35. The number of nitrogens with one attached hydrogen (secondary N) is 2. The first-order chi connectivity index (χ1) is 11.5. The number of carbonyl (C=O) groups excluding carboxylic acids is 2. The average Bonchev–Trinajstić information content (AvgIpc) is 2.44. The highest BCUT2D eigenvalue weighted by Gasteiger charge is 2.19. The molecule has 0 radical (unpaired) electrons. The second-order valence-corrected chi connectivity index (χ2v) is 7.53. The zero-order valence-electron chi connectivity index (χ0n) is 15.2. The first-order valence-corrected chi connectivity index (χ1v) is 8.68. The van der Waals surface area contributed by atoms with E-state index in [0.717, 1.165) is 5.56 Å². The molecule has 0 aliphatic carbocycles. The summed E-state index contributed by atoms with van der Waals surface area (Å²) in [5.74, 6) is 0. The minimum Gasteiger partial charge on any atom is -0.444 e. The van der Waals surface area contributed by atoms with Crippen molar-refractivity contribution in [3.63, 3.8) is 0 Å². The third-order valence-corrected chi connectivity index (χ3v) is 3.78. The molecule has 1 atom stereocenters. The fourth-order valence-electron chi connectivity index (χ4n) is 1.95. The number of carbonyl (C=O) groups is 2. The summed E-state index contributed by atoms with van der Waals surface area (Å²) in [5.41, 5.74) is 0.218. The molecule has 0 heterocycles. The third-order valence-electron chi connectivity index (χ3n) is 3.21. The second kappa shape index (κ2) is 9.15. The van der Waals surface area contributed by atoms with Gasteiger partial charge in [-0.2, -0.15) is 0 Å². The maximum absolute atomic E-state index is 12.0. The number of urea groups is 1. The van der Waals surface area contributed by atoms with Crippen molar-refractivity contribution >= 4 is 35.3 Å². The van der Waals surface area contributed by atoms with Crippen LogP contribution in [0.1, 0.15) is 39.3 Å². The number of rotatable bonds is 5. The summed E-state index contributed by atoms with van der Waals surface area (Å²) in [5, 5.41) is 6.51. The van der Waals surface area contributed by atoms with Gasteiger partial charge in [0.1, 0.15) is 5.60 Å². The Bertz CT molecular complexity index is 618. The molecule has 140 valence electrons. The predicted octanol–water partition coefficient (Wildman–Crippen LogP) is 4.22. The van der Waals surface area contributed by atoms with Crippen LogP contribution in [0.25, 0.3) is 0 Å². The van der Waals surface area contributed by atoms with Crippen LogP contribution in [0.5, 0.6) is 0 Å². The Labute approximate surface area is 158 Å². The molecule has 1 aromatic rings. The van der Waals surface area contributed by atoms with Gasteiger partial charge in [0.2, 0.25) is 0 Å². The highest BCUT2D eigenvalue weighted by Crippen LogP contribution is 2.25. The molecule has 8 heteroatoms. The molecule has 1 aromatic carbocycles. The molecular formula is C17H25Cl2N3O3. The van der Waals surface area contributed by atoms with Gasteiger partial charge in [-0.05, 0) is 45.4 Å². The highest BCUT2D eigenvalue weighted by atomic mass is 35.5. The van der Waals surface area contributed by atoms with Crippen LogP contribution < -0.4 is 10.6 Å². The zero-order valence-corrected chi connectivity index (χ0v) is 16.7. The van der Waals surface area contributed by atoms with Crippen molar-refractivity contribution in [1.82, 2.24) is 15.5 Å². The van der Waals surface area contributed by atoms with Crippen molar-refractivity contribution in [3.05, 3.63) is 33.8 Å². The summed E-state index contributed by atoms with van der Waals surface area (Å²) in [7, 11) is 1.61. The monoisotopic (exact) mass is 389 g/mol. The number of nitrogens with zero attached hydrogens (tertiary/aromatic N) is 1. The Balaban J connectivity index is 2.41. The van der Waals surface area contributed by atoms with Crippen molar-refractivity contribution in [2.75, 3.05) is 20.1 Å². The van der Waals surface area contributed by atoms with E-state index < -0.39 is 11.7 Å². The fraction of sp³-hybridized carbons (Fsp3) is 0.529. The van der Waals surface area contributed by atoms with Crippen molar-refractivity contribution in [2.24, 2.45) is 0 Å². The SMILES string of the molecule is CC(NC(=O)NCCN(C)C(=O)OC(C)(C)C)c1ccc(Cl)cc1Cl. The first-order valence-electron chi connectivity index (χ1n) is 7.93. The second-order valence-electron chi connectivity index (χ2n) is 6.69. The molecule has 0 saturated carbocycles. The van der Waals surface area contributed by atoms with Crippen LogP contribution in [0.2, 0.25) is 10.0 Å². The quantitative estimate of drug-likeness (QED) is 0.791. The lowest BCUT2D eigenvalue weighted by molar-refractivity contribution is 0.0301. The molecule has 3 amide bonds. The zero-order chi connectivity index (χ0) is 19.2. The molecule has 0 bridgehead atoms. The molecule has 0 spiro atoms. The van der Waals surface area contributed by atoms with Gasteiger partial charge in [0, 0.05) is 30.2 Å². The van der Waals surface area contributed by atoms with Crippen LogP contribution in [-0.2, 0) is 4.74 Å². The lowest BCUT2D eigenvalue weighted by Gasteiger charge is -2.24. The minimum atomic E-state index is -0.552. The number of halogens is 2. The lowest BCUT2D eigenvalue weighted by Crippen LogP contribution is -2.42. The molecule has 0 fully saturated rings. The van der Waals surface area contributed by atoms with Crippen LogP contribution >= 0.6 is 23.2 Å². The molecular weight excluding hydrogens is 365 g/mol. The van der Waals surface area contributed by atoms with E-state index in [2.05, 4.69) is 10.6 Å². The van der Waals surface area contributed by atoms with Gasteiger partial charge < -0.3 is 20.3 Å². The Morgan fingerprint density at radius 1 is 1.28 bits per heavy atom. The number of hydrogen-bond acceptors (Lipinski definition) is 3. The first kappa shape index (κ1) is 21.4. The smallest absolute Gasteiger partial charge is 0.410 e. The largest absolute Gasteiger partial charge is 0.444 e. The van der Waals surface area contributed by atoms with Crippen LogP contribution in [-0.4, -0.2) is 42.8 Å². The maximum Gasteiger partial charge on any atom is 0.410 e. The van der Waals surface area contributed by atoms with Crippen LogP contribution in [0.3, 0.4) is 0 Å². The van der Waals surface area contributed by atoms with Crippen molar-refractivity contribution in [2.45, 2.75) is 39.3 Å². The number of likely N-dealkylation sites (N-methyl/N-ethyl adjacent to an activating group) is 1. The van der Waals surface area contributed by atoms with E-state index in [4.69, 9.17) is 27.9 Å². The van der Waals surface area contributed by atoms with Gasteiger partial charge in [0.15, 0.2) is 0 Å². The van der Waals surface area contributed by atoms with E-state index >= 15 is 0 Å². The fourth-order valence-corrected chi connectivity index (χ4v) is 2.52. The van der Waals surface area contributed by atoms with Crippen LogP contribution in [0, 0.1) is 0 Å². The molecule has 0 aliphatic heterocycles. The van der Waals surface area contributed by atoms with E-state index in [-0.39, 0.29) is 12.1 Å².